The normalized spacial score (nSPS) is 45.3. The molecule has 3 fully saturated rings. The summed E-state index contributed by atoms with van der Waals surface area (Å²) in [6, 6.07) is 0. The number of carboxylic acids is 1. The Balaban J connectivity index is 1.96. The lowest BCUT2D eigenvalue weighted by atomic mass is 9.84. The van der Waals surface area contributed by atoms with Crippen LogP contribution in [0.25, 0.3) is 0 Å². The van der Waals surface area contributed by atoms with E-state index in [1.54, 1.807) is 0 Å². The van der Waals surface area contributed by atoms with Crippen LogP contribution >= 0.6 is 15.9 Å². The van der Waals surface area contributed by atoms with E-state index < -0.39 is 57.3 Å². The molecule has 19 heavy (non-hydrogen) atoms. The largest absolute Gasteiger partial charge is 0.550 e. The monoisotopic (exact) mass is 353 g/mol. The average molecular weight is 354 g/mol. The van der Waals surface area contributed by atoms with Crippen molar-refractivity contribution in [3.05, 3.63) is 0 Å². The maximum atomic E-state index is 11.8. The molecule has 6 atom stereocenters. The molecular weight excluding hydrogens is 344 g/mol. The van der Waals surface area contributed by atoms with Gasteiger partial charge in [0.05, 0.1) is 0 Å². The quantitative estimate of drug-likeness (QED) is 0.341. The second kappa shape index (κ2) is 4.16. The zero-order valence-corrected chi connectivity index (χ0v) is 11.9. The fraction of sp³-hybridized carbons (Fsp3) is 0.800. The van der Waals surface area contributed by atoms with E-state index in [9.17, 15) is 23.1 Å². The number of alkyl halides is 1. The molecule has 7 nitrogen and oxygen atoms in total. The van der Waals surface area contributed by atoms with Gasteiger partial charge < -0.3 is 14.6 Å². The van der Waals surface area contributed by atoms with Crippen LogP contribution in [0.3, 0.4) is 0 Å². The van der Waals surface area contributed by atoms with E-state index in [1.165, 1.54) is 0 Å². The Morgan fingerprint density at radius 2 is 2.05 bits per heavy atom. The first kappa shape index (κ1) is 13.3. The molecule has 0 radical (unpaired) electrons. The Labute approximate surface area is 117 Å². The van der Waals surface area contributed by atoms with E-state index in [1.807, 2.05) is 0 Å². The van der Waals surface area contributed by atoms with Gasteiger partial charge in [-0.15, -0.1) is 0 Å². The smallest absolute Gasteiger partial charge is 0.316 e. The minimum Gasteiger partial charge on any atom is -0.550 e. The number of aliphatic carboxylic acids is 1. The number of halogens is 1. The van der Waals surface area contributed by atoms with Gasteiger partial charge in [0.2, 0.25) is 0 Å². The molecule has 0 spiro atoms. The fourth-order valence-electron chi connectivity index (χ4n) is 3.64. The lowest BCUT2D eigenvalue weighted by molar-refractivity contribution is -0.314. The van der Waals surface area contributed by atoms with Crippen LogP contribution in [-0.4, -0.2) is 43.1 Å². The predicted molar refractivity (Wildman–Crippen MR) is 61.3 cm³/mol. The van der Waals surface area contributed by atoms with E-state index >= 15 is 0 Å². The molecule has 1 saturated heterocycles. The summed E-state index contributed by atoms with van der Waals surface area (Å²) in [5, 5.41) is 10.1. The van der Waals surface area contributed by atoms with Crippen LogP contribution in [0.2, 0.25) is 0 Å². The van der Waals surface area contributed by atoms with Crippen molar-refractivity contribution < 1.29 is 32.0 Å². The van der Waals surface area contributed by atoms with Crippen LogP contribution in [0.5, 0.6) is 0 Å². The van der Waals surface area contributed by atoms with Gasteiger partial charge in [-0.25, -0.2) is 0 Å². The second-order valence-corrected chi connectivity index (χ2v) is 7.30. The summed E-state index contributed by atoms with van der Waals surface area (Å²) in [5.74, 6) is -4.14. The van der Waals surface area contributed by atoms with E-state index in [0.29, 0.717) is 6.42 Å². The number of hydrogen-bond acceptors (Lipinski definition) is 7. The van der Waals surface area contributed by atoms with E-state index in [2.05, 4.69) is 15.9 Å². The lowest BCUT2D eigenvalue weighted by Gasteiger charge is -2.31. The van der Waals surface area contributed by atoms with Crippen LogP contribution in [0.4, 0.5) is 0 Å². The molecule has 0 aromatic rings. The highest BCUT2D eigenvalue weighted by Gasteiger charge is 2.70. The number of carboxylic acid groups (broad SMARTS) is 1. The highest BCUT2D eigenvalue weighted by molar-refractivity contribution is 9.09. The molecule has 0 amide bonds. The Morgan fingerprint density at radius 1 is 1.37 bits per heavy atom. The molecule has 0 aromatic heterocycles. The zero-order chi connectivity index (χ0) is 13.9. The molecule has 1 heterocycles. The minimum atomic E-state index is -3.92. The molecule has 3 rings (SSSR count). The molecule has 0 aromatic carbocycles. The first-order valence-electron chi connectivity index (χ1n) is 5.75. The van der Waals surface area contributed by atoms with Crippen molar-refractivity contribution in [2.24, 2.45) is 17.8 Å². The summed E-state index contributed by atoms with van der Waals surface area (Å²) in [6.45, 7) is 0. The van der Waals surface area contributed by atoms with Crippen molar-refractivity contribution in [1.29, 1.82) is 0 Å². The van der Waals surface area contributed by atoms with E-state index in [4.69, 9.17) is 8.92 Å². The first-order chi connectivity index (χ1) is 8.86. The Morgan fingerprint density at radius 3 is 2.63 bits per heavy atom. The van der Waals surface area contributed by atoms with Gasteiger partial charge >= 0.3 is 5.97 Å². The van der Waals surface area contributed by atoms with Gasteiger partial charge in [-0.2, -0.15) is 8.42 Å². The van der Waals surface area contributed by atoms with Crippen molar-refractivity contribution in [3.63, 3.8) is 0 Å². The predicted octanol–water partition coefficient (Wildman–Crippen LogP) is -1.59. The number of fused-ring (bicyclic) bond motifs is 1. The summed E-state index contributed by atoms with van der Waals surface area (Å²) >= 11 is 2.93. The topological polar surface area (TPSA) is 110 Å². The van der Waals surface area contributed by atoms with Crippen LogP contribution in [-0.2, 0) is 28.6 Å². The Hall–Kier alpha value is -0.670. The third-order valence-corrected chi connectivity index (χ3v) is 6.43. The number of ether oxygens (including phenoxy) is 1. The summed E-state index contributed by atoms with van der Waals surface area (Å²) in [4.78, 5) is 22.5. The van der Waals surface area contributed by atoms with Gasteiger partial charge in [-0.05, 0) is 6.42 Å². The van der Waals surface area contributed by atoms with Gasteiger partial charge in [0.15, 0.2) is 0 Å². The van der Waals surface area contributed by atoms with Crippen LogP contribution in [0.15, 0.2) is 0 Å². The second-order valence-electron chi connectivity index (χ2n) is 5.01. The number of carbonyl (C=O) groups is 2. The van der Waals surface area contributed by atoms with Crippen molar-refractivity contribution in [2.75, 3.05) is 5.33 Å². The van der Waals surface area contributed by atoms with Gasteiger partial charge in [0.1, 0.15) is 22.8 Å². The highest BCUT2D eigenvalue weighted by Crippen LogP contribution is 2.58. The first-order valence-corrected chi connectivity index (χ1v) is 8.34. The van der Waals surface area contributed by atoms with Crippen LogP contribution in [0, 0.1) is 17.8 Å². The third kappa shape index (κ3) is 1.74. The molecule has 2 saturated carbocycles. The van der Waals surface area contributed by atoms with E-state index in [-0.39, 0.29) is 5.33 Å². The van der Waals surface area contributed by atoms with Crippen molar-refractivity contribution in [1.82, 2.24) is 0 Å². The minimum absolute atomic E-state index is 0.0419. The number of carbonyl (C=O) groups excluding carboxylic acids is 2. The molecule has 1 aliphatic heterocycles. The maximum Gasteiger partial charge on any atom is 0.316 e. The van der Waals surface area contributed by atoms with Crippen molar-refractivity contribution in [2.45, 2.75) is 23.9 Å². The summed E-state index contributed by atoms with van der Waals surface area (Å²) in [6.07, 6.45) is -1.21. The molecule has 0 N–H and O–H groups in total. The molecule has 2 aliphatic carbocycles. The van der Waals surface area contributed by atoms with Gasteiger partial charge in [0.25, 0.3) is 10.1 Å². The summed E-state index contributed by atoms with van der Waals surface area (Å²) in [7, 11) is -3.92. The number of hydrogen-bond donors (Lipinski definition) is 0. The molecule has 3 aliphatic rings. The van der Waals surface area contributed by atoms with Crippen LogP contribution < -0.4 is 5.11 Å². The van der Waals surface area contributed by atoms with Gasteiger partial charge in [0, 0.05) is 23.7 Å². The molecule has 106 valence electrons. The van der Waals surface area contributed by atoms with Crippen molar-refractivity contribution >= 4 is 38.0 Å². The lowest BCUT2D eigenvalue weighted by Crippen LogP contribution is -2.49. The molecule has 6 unspecified atom stereocenters. The zero-order valence-electron chi connectivity index (χ0n) is 9.52. The average Bonchev–Trinajstić information content (AvgIpc) is 2.90. The number of esters is 1. The van der Waals surface area contributed by atoms with Crippen molar-refractivity contribution in [3.8, 4) is 0 Å². The standard InChI is InChI=1S/C10H11BrO7S/c11-2-5(12)17-7-3-1-4-8(7)18-19(15,16)9(4)6(3)10(13)14/h3-4,6-9H,1-2H2,(H,13,14)/p-1. The maximum absolute atomic E-state index is 11.8. The molecular formula is C10H10BrO7S-. The number of rotatable bonds is 3. The molecule has 9 heteroatoms. The van der Waals surface area contributed by atoms with Gasteiger partial charge in [-0.3, -0.25) is 8.98 Å². The van der Waals surface area contributed by atoms with E-state index in [0.717, 1.165) is 0 Å². The Kier molecular flexibility index (Phi) is 2.92. The fourth-order valence-corrected chi connectivity index (χ4v) is 5.83. The molecule has 2 bridgehead atoms. The van der Waals surface area contributed by atoms with Crippen LogP contribution in [0.1, 0.15) is 6.42 Å². The third-order valence-electron chi connectivity index (χ3n) is 4.18. The summed E-state index contributed by atoms with van der Waals surface area (Å²) < 4.78 is 33.8. The van der Waals surface area contributed by atoms with Gasteiger partial charge in [-0.1, -0.05) is 15.9 Å². The SMILES string of the molecule is O=C(CBr)OC1C2CC3C1OS(=O)(=O)C3C2C(=O)[O-]. The summed E-state index contributed by atoms with van der Waals surface area (Å²) in [5.41, 5.74) is 0. The highest BCUT2D eigenvalue weighted by atomic mass is 79.9. The Bertz CT molecular complexity index is 544.